The third-order valence-corrected chi connectivity index (χ3v) is 3.19. The van der Waals surface area contributed by atoms with Gasteiger partial charge in [0.25, 0.3) is 0 Å². The van der Waals surface area contributed by atoms with E-state index in [1.165, 1.54) is 16.9 Å². The normalized spacial score (nSPS) is 19.9. The van der Waals surface area contributed by atoms with Crippen LogP contribution in [0.5, 0.6) is 0 Å². The van der Waals surface area contributed by atoms with Crippen LogP contribution in [0.2, 0.25) is 0 Å². The lowest BCUT2D eigenvalue weighted by atomic mass is 10.1. The summed E-state index contributed by atoms with van der Waals surface area (Å²) in [5, 5.41) is 3.42. The number of anilines is 2. The molecular weight excluding hydrogens is 188 g/mol. The van der Waals surface area contributed by atoms with Crippen LogP contribution in [-0.4, -0.2) is 32.8 Å². The number of nitrogens with one attached hydrogen (secondary N) is 1. The molecule has 0 aliphatic carbocycles. The number of hydrogen-bond donors (Lipinski definition) is 1. The van der Waals surface area contributed by atoms with E-state index in [1.54, 1.807) is 0 Å². The topological polar surface area (TPSA) is 24.5 Å². The van der Waals surface area contributed by atoms with Gasteiger partial charge in [0.2, 0.25) is 0 Å². The molecule has 0 saturated carbocycles. The minimum absolute atomic E-state index is 0.858. The molecule has 2 aliphatic heterocycles. The summed E-state index contributed by atoms with van der Waals surface area (Å²) in [5.41, 5.74) is 4.21. The minimum atomic E-state index is 0.858. The molecule has 1 saturated heterocycles. The van der Waals surface area contributed by atoms with Crippen LogP contribution in [0.1, 0.15) is 5.56 Å². The molecule has 0 atom stereocenters. The first-order valence-electron chi connectivity index (χ1n) is 5.63. The summed E-state index contributed by atoms with van der Waals surface area (Å²) in [5.74, 6) is 0. The van der Waals surface area contributed by atoms with Crippen LogP contribution in [0.4, 0.5) is 11.4 Å². The summed E-state index contributed by atoms with van der Waals surface area (Å²) in [7, 11) is 0. The first-order chi connectivity index (χ1) is 7.45. The fourth-order valence-corrected chi connectivity index (χ4v) is 2.43. The fraction of sp³-hybridized carbons (Fsp3) is 0.500. The van der Waals surface area contributed by atoms with Crippen LogP contribution < -0.4 is 10.2 Å². The highest BCUT2D eigenvalue weighted by Crippen LogP contribution is 2.31. The van der Waals surface area contributed by atoms with Gasteiger partial charge in [0.1, 0.15) is 0 Å². The van der Waals surface area contributed by atoms with Gasteiger partial charge >= 0.3 is 0 Å². The van der Waals surface area contributed by atoms with Gasteiger partial charge in [-0.1, -0.05) is 6.07 Å². The Balaban J connectivity index is 1.93. The summed E-state index contributed by atoms with van der Waals surface area (Å²) in [6.45, 7) is 4.85. The van der Waals surface area contributed by atoms with Crippen molar-refractivity contribution in [2.75, 3.05) is 43.1 Å². The molecule has 3 rings (SSSR count). The number of rotatable bonds is 1. The maximum Gasteiger partial charge on any atom is 0.0642 e. The Morgan fingerprint density at radius 1 is 1.20 bits per heavy atom. The molecule has 0 spiro atoms. The van der Waals surface area contributed by atoms with Gasteiger partial charge in [-0.05, 0) is 18.6 Å². The lowest BCUT2D eigenvalue weighted by molar-refractivity contribution is 0.122. The van der Waals surface area contributed by atoms with Crippen LogP contribution in [0.15, 0.2) is 18.2 Å². The number of benzene rings is 1. The highest BCUT2D eigenvalue weighted by Gasteiger charge is 2.19. The smallest absolute Gasteiger partial charge is 0.0642 e. The van der Waals surface area contributed by atoms with Crippen molar-refractivity contribution in [3.63, 3.8) is 0 Å². The molecule has 0 unspecified atom stereocenters. The van der Waals surface area contributed by atoms with E-state index < -0.39 is 0 Å². The Kier molecular flexibility index (Phi) is 2.25. The third-order valence-electron chi connectivity index (χ3n) is 3.19. The van der Waals surface area contributed by atoms with Gasteiger partial charge in [-0.25, -0.2) is 0 Å². The largest absolute Gasteiger partial charge is 0.384 e. The van der Waals surface area contributed by atoms with Crippen LogP contribution >= 0.6 is 0 Å². The molecule has 2 aliphatic rings. The van der Waals surface area contributed by atoms with Gasteiger partial charge in [-0.15, -0.1) is 0 Å². The molecule has 0 bridgehead atoms. The van der Waals surface area contributed by atoms with E-state index in [-0.39, 0.29) is 0 Å². The van der Waals surface area contributed by atoms with Crippen LogP contribution in [0.25, 0.3) is 0 Å². The lowest BCUT2D eigenvalue weighted by Gasteiger charge is -2.30. The number of nitrogens with zero attached hydrogens (tertiary/aromatic N) is 1. The zero-order valence-electron chi connectivity index (χ0n) is 8.83. The molecule has 3 nitrogen and oxygen atoms in total. The summed E-state index contributed by atoms with van der Waals surface area (Å²) >= 11 is 0. The highest BCUT2D eigenvalue weighted by atomic mass is 16.5. The maximum atomic E-state index is 5.38. The molecule has 2 heterocycles. The van der Waals surface area contributed by atoms with Crippen molar-refractivity contribution in [3.8, 4) is 0 Å². The molecule has 0 amide bonds. The maximum absolute atomic E-state index is 5.38. The van der Waals surface area contributed by atoms with E-state index in [0.29, 0.717) is 0 Å². The van der Waals surface area contributed by atoms with Gasteiger partial charge < -0.3 is 15.0 Å². The van der Waals surface area contributed by atoms with Crippen molar-refractivity contribution in [1.29, 1.82) is 0 Å². The predicted octanol–water partition coefficient (Wildman–Crippen LogP) is 1.49. The Morgan fingerprint density at radius 3 is 2.93 bits per heavy atom. The second kappa shape index (κ2) is 3.74. The molecular formula is C12H16N2O. The van der Waals surface area contributed by atoms with Crippen molar-refractivity contribution in [2.24, 2.45) is 0 Å². The second-order valence-corrected chi connectivity index (χ2v) is 4.08. The van der Waals surface area contributed by atoms with Crippen molar-refractivity contribution in [2.45, 2.75) is 6.42 Å². The quantitative estimate of drug-likeness (QED) is 0.750. The molecule has 0 aromatic heterocycles. The fourth-order valence-electron chi connectivity index (χ4n) is 2.43. The van der Waals surface area contributed by atoms with Crippen LogP contribution in [-0.2, 0) is 11.2 Å². The number of ether oxygens (including phenoxy) is 1. The Hall–Kier alpha value is -1.22. The first-order valence-corrected chi connectivity index (χ1v) is 5.63. The standard InChI is InChI=1S/C12H16N2O/c1-2-11-10(4-5-13-11)12(3-1)14-6-8-15-9-7-14/h1-3,13H,4-9H2. The van der Waals surface area contributed by atoms with Crippen molar-refractivity contribution < 1.29 is 4.74 Å². The first kappa shape index (κ1) is 9.04. The molecule has 15 heavy (non-hydrogen) atoms. The average molecular weight is 204 g/mol. The molecule has 80 valence electrons. The Labute approximate surface area is 90.0 Å². The van der Waals surface area contributed by atoms with Gasteiger partial charge in [-0.2, -0.15) is 0 Å². The van der Waals surface area contributed by atoms with E-state index in [2.05, 4.69) is 28.4 Å². The van der Waals surface area contributed by atoms with E-state index in [4.69, 9.17) is 4.74 Å². The summed E-state index contributed by atoms with van der Waals surface area (Å²) in [4.78, 5) is 2.44. The Bertz CT molecular complexity index is 359. The van der Waals surface area contributed by atoms with Gasteiger partial charge in [-0.3, -0.25) is 0 Å². The highest BCUT2D eigenvalue weighted by molar-refractivity contribution is 5.69. The average Bonchev–Trinajstić information content (AvgIpc) is 2.78. The van der Waals surface area contributed by atoms with Crippen molar-refractivity contribution in [1.82, 2.24) is 0 Å². The Morgan fingerprint density at radius 2 is 2.07 bits per heavy atom. The minimum Gasteiger partial charge on any atom is -0.384 e. The number of fused-ring (bicyclic) bond motifs is 1. The molecule has 1 fully saturated rings. The van der Waals surface area contributed by atoms with E-state index in [1.807, 2.05) is 0 Å². The van der Waals surface area contributed by atoms with Crippen molar-refractivity contribution in [3.05, 3.63) is 23.8 Å². The number of hydrogen-bond acceptors (Lipinski definition) is 3. The van der Waals surface area contributed by atoms with Crippen LogP contribution in [0, 0.1) is 0 Å². The molecule has 0 radical (unpaired) electrons. The zero-order chi connectivity index (χ0) is 10.1. The van der Waals surface area contributed by atoms with E-state index in [9.17, 15) is 0 Å². The lowest BCUT2D eigenvalue weighted by Crippen LogP contribution is -2.36. The van der Waals surface area contributed by atoms with Gasteiger partial charge in [0, 0.05) is 36.6 Å². The van der Waals surface area contributed by atoms with E-state index >= 15 is 0 Å². The molecule has 3 heteroatoms. The molecule has 1 aromatic rings. The SMILES string of the molecule is c1cc2c(c(N3CCOCC3)c1)CCN2. The summed E-state index contributed by atoms with van der Waals surface area (Å²) < 4.78 is 5.38. The summed E-state index contributed by atoms with van der Waals surface area (Å²) in [6.07, 6.45) is 1.16. The second-order valence-electron chi connectivity index (χ2n) is 4.08. The van der Waals surface area contributed by atoms with Crippen molar-refractivity contribution >= 4 is 11.4 Å². The monoisotopic (exact) mass is 204 g/mol. The van der Waals surface area contributed by atoms with Gasteiger partial charge in [0.05, 0.1) is 13.2 Å². The third kappa shape index (κ3) is 1.57. The molecule has 1 aromatic carbocycles. The zero-order valence-corrected chi connectivity index (χ0v) is 8.83. The van der Waals surface area contributed by atoms with Crippen LogP contribution in [0.3, 0.4) is 0 Å². The van der Waals surface area contributed by atoms with Gasteiger partial charge in [0.15, 0.2) is 0 Å². The number of morpholine rings is 1. The predicted molar refractivity (Wildman–Crippen MR) is 61.7 cm³/mol. The summed E-state index contributed by atoms with van der Waals surface area (Å²) in [6, 6.07) is 6.55. The van der Waals surface area contributed by atoms with E-state index in [0.717, 1.165) is 39.3 Å². The molecule has 1 N–H and O–H groups in total.